The summed E-state index contributed by atoms with van der Waals surface area (Å²) in [6.45, 7) is 3.54. The molecule has 2 aromatic carbocycles. The van der Waals surface area contributed by atoms with Crippen LogP contribution in [0.3, 0.4) is 0 Å². The summed E-state index contributed by atoms with van der Waals surface area (Å²) >= 11 is 0. The molecule has 6 rings (SSSR count). The molecule has 0 bridgehead atoms. The van der Waals surface area contributed by atoms with E-state index in [1.165, 1.54) is 11.1 Å². The number of amides is 1. The topological polar surface area (TPSA) is 50.6 Å². The van der Waals surface area contributed by atoms with E-state index in [2.05, 4.69) is 22.1 Å². The van der Waals surface area contributed by atoms with Crippen molar-refractivity contribution in [3.63, 3.8) is 0 Å². The highest BCUT2D eigenvalue weighted by molar-refractivity contribution is 5.80. The van der Waals surface area contributed by atoms with E-state index < -0.39 is 0 Å². The Hall–Kier alpha value is -3.19. The molecule has 4 heterocycles. The molecule has 3 aromatic rings. The number of hydrogen-bond donors (Lipinski definition) is 0. The summed E-state index contributed by atoms with van der Waals surface area (Å²) in [5.41, 5.74) is 4.80. The summed E-state index contributed by atoms with van der Waals surface area (Å²) in [6.07, 6.45) is 8.38. The van der Waals surface area contributed by atoms with Gasteiger partial charge in [0.05, 0.1) is 11.9 Å². The molecular weight excluding hydrogens is 443 g/mol. The van der Waals surface area contributed by atoms with Crippen LogP contribution in [-0.2, 0) is 22.6 Å². The molecule has 35 heavy (non-hydrogen) atoms. The van der Waals surface area contributed by atoms with Crippen molar-refractivity contribution in [2.24, 2.45) is 5.92 Å². The maximum absolute atomic E-state index is 15.2. The number of anilines is 1. The van der Waals surface area contributed by atoms with E-state index in [1.807, 2.05) is 40.0 Å². The van der Waals surface area contributed by atoms with Crippen LogP contribution in [0.4, 0.5) is 10.1 Å². The summed E-state index contributed by atoms with van der Waals surface area (Å²) in [4.78, 5) is 17.2. The summed E-state index contributed by atoms with van der Waals surface area (Å²) in [7, 11) is 0. The molecule has 1 aromatic heterocycles. The average molecular weight is 475 g/mol. The third kappa shape index (κ3) is 4.45. The Bertz CT molecular complexity index is 1190. The van der Waals surface area contributed by atoms with Crippen LogP contribution in [0.5, 0.6) is 0 Å². The Kier molecular flexibility index (Phi) is 6.02. The maximum Gasteiger partial charge on any atom is 0.226 e. The van der Waals surface area contributed by atoms with E-state index in [0.29, 0.717) is 31.9 Å². The summed E-state index contributed by atoms with van der Waals surface area (Å²) < 4.78 is 22.8. The number of halogens is 1. The number of benzene rings is 2. The van der Waals surface area contributed by atoms with E-state index in [4.69, 9.17) is 4.74 Å². The number of aromatic nitrogens is 2. The van der Waals surface area contributed by atoms with Gasteiger partial charge in [0.1, 0.15) is 12.0 Å². The smallest absolute Gasteiger partial charge is 0.226 e. The van der Waals surface area contributed by atoms with Gasteiger partial charge in [-0.3, -0.25) is 4.79 Å². The number of rotatable bonds is 4. The molecule has 2 saturated heterocycles. The normalized spacial score (nSPS) is 20.8. The second kappa shape index (κ2) is 9.46. The molecule has 0 radical (unpaired) electrons. The third-order valence-electron chi connectivity index (χ3n) is 7.67. The summed E-state index contributed by atoms with van der Waals surface area (Å²) in [6, 6.07) is 13.7. The van der Waals surface area contributed by atoms with Crippen LogP contribution in [0.1, 0.15) is 49.5 Å². The summed E-state index contributed by atoms with van der Waals surface area (Å²) in [5.74, 6) is 0.00954. The van der Waals surface area contributed by atoms with E-state index in [9.17, 15) is 4.79 Å². The molecule has 1 unspecified atom stereocenters. The highest BCUT2D eigenvalue weighted by Gasteiger charge is 2.32. The Morgan fingerprint density at radius 1 is 0.971 bits per heavy atom. The van der Waals surface area contributed by atoms with Crippen molar-refractivity contribution < 1.29 is 13.9 Å². The minimum absolute atomic E-state index is 0.00995. The van der Waals surface area contributed by atoms with Crippen LogP contribution >= 0.6 is 0 Å². The quantitative estimate of drug-likeness (QED) is 0.525. The number of fused-ring (bicyclic) bond motifs is 1. The first-order valence-corrected chi connectivity index (χ1v) is 12.7. The van der Waals surface area contributed by atoms with Crippen LogP contribution in [-0.4, -0.2) is 40.3 Å². The van der Waals surface area contributed by atoms with E-state index in [1.54, 1.807) is 12.3 Å². The fraction of sp³-hybridized carbons (Fsp3) is 0.429. The number of carbonyl (C=O) groups excluding carboxylic acids is 1. The zero-order valence-electron chi connectivity index (χ0n) is 19.9. The summed E-state index contributed by atoms with van der Waals surface area (Å²) in [5, 5.41) is 4.45. The fourth-order valence-electron chi connectivity index (χ4n) is 5.63. The van der Waals surface area contributed by atoms with Gasteiger partial charge in [0.25, 0.3) is 0 Å². The monoisotopic (exact) mass is 474 g/mol. The molecule has 1 atom stereocenters. The average Bonchev–Trinajstić information content (AvgIpc) is 3.57. The second-order valence-electron chi connectivity index (χ2n) is 9.92. The minimum atomic E-state index is -0.232. The number of ether oxygens (including phenoxy) is 1. The highest BCUT2D eigenvalue weighted by Crippen LogP contribution is 2.32. The van der Waals surface area contributed by atoms with Gasteiger partial charge in [-0.15, -0.1) is 0 Å². The Balaban J connectivity index is 1.08. The van der Waals surface area contributed by atoms with E-state index in [-0.39, 0.29) is 23.9 Å². The van der Waals surface area contributed by atoms with Crippen molar-refractivity contribution in [3.05, 3.63) is 71.8 Å². The van der Waals surface area contributed by atoms with Gasteiger partial charge in [0, 0.05) is 50.5 Å². The van der Waals surface area contributed by atoms with E-state index in [0.717, 1.165) is 49.8 Å². The molecule has 0 aliphatic carbocycles. The van der Waals surface area contributed by atoms with Gasteiger partial charge in [0.15, 0.2) is 0 Å². The molecule has 0 N–H and O–H groups in total. The molecule has 3 aliphatic heterocycles. The maximum atomic E-state index is 15.2. The van der Waals surface area contributed by atoms with Crippen molar-refractivity contribution in [3.8, 4) is 11.1 Å². The van der Waals surface area contributed by atoms with Crippen LogP contribution in [0.2, 0.25) is 0 Å². The molecule has 182 valence electrons. The first-order valence-electron chi connectivity index (χ1n) is 12.7. The molecule has 1 amide bonds. The zero-order valence-corrected chi connectivity index (χ0v) is 19.9. The second-order valence-corrected chi connectivity index (χ2v) is 9.92. The highest BCUT2D eigenvalue weighted by atomic mass is 19.1. The van der Waals surface area contributed by atoms with Gasteiger partial charge in [-0.05, 0) is 60.9 Å². The van der Waals surface area contributed by atoms with Crippen molar-refractivity contribution in [1.82, 2.24) is 14.7 Å². The third-order valence-corrected chi connectivity index (χ3v) is 7.67. The first-order chi connectivity index (χ1) is 17.2. The molecule has 3 aliphatic rings. The van der Waals surface area contributed by atoms with Crippen LogP contribution < -0.4 is 4.90 Å². The minimum Gasteiger partial charge on any atom is -0.369 e. The van der Waals surface area contributed by atoms with Gasteiger partial charge < -0.3 is 14.5 Å². The van der Waals surface area contributed by atoms with Crippen molar-refractivity contribution in [2.75, 3.05) is 24.6 Å². The van der Waals surface area contributed by atoms with Crippen LogP contribution in [0.25, 0.3) is 11.1 Å². The predicted molar refractivity (Wildman–Crippen MR) is 132 cm³/mol. The first kappa shape index (κ1) is 22.3. The lowest BCUT2D eigenvalue weighted by Crippen LogP contribution is -2.41. The lowest BCUT2D eigenvalue weighted by atomic mass is 9.94. The molecule has 7 heteroatoms. The number of hydrogen-bond acceptors (Lipinski definition) is 4. The largest absolute Gasteiger partial charge is 0.369 e. The standard InChI is InChI=1S/C28H31FN4O2/c29-25-15-21(24-16-30-33(19-24)27-7-3-4-14-35-27)8-9-26(25)31-12-10-20(11-13-31)28(34)32-17-22-5-1-2-6-23(22)18-32/h1-2,5-6,8-9,15-16,19-20,27H,3-4,7,10-14,17-18H2. The lowest BCUT2D eigenvalue weighted by molar-refractivity contribution is -0.136. The van der Waals surface area contributed by atoms with Crippen LogP contribution in [0, 0.1) is 11.7 Å². The van der Waals surface area contributed by atoms with Gasteiger partial charge >= 0.3 is 0 Å². The number of piperidine rings is 1. The van der Waals surface area contributed by atoms with Gasteiger partial charge in [0.2, 0.25) is 5.91 Å². The molecule has 0 spiro atoms. The van der Waals surface area contributed by atoms with Gasteiger partial charge in [-0.1, -0.05) is 30.3 Å². The van der Waals surface area contributed by atoms with Crippen molar-refractivity contribution >= 4 is 11.6 Å². The van der Waals surface area contributed by atoms with E-state index >= 15 is 4.39 Å². The Morgan fingerprint density at radius 3 is 2.43 bits per heavy atom. The van der Waals surface area contributed by atoms with Gasteiger partial charge in [-0.25, -0.2) is 9.07 Å². The molecule has 2 fully saturated rings. The Morgan fingerprint density at radius 2 is 1.74 bits per heavy atom. The molecule has 0 saturated carbocycles. The fourth-order valence-corrected chi connectivity index (χ4v) is 5.63. The van der Waals surface area contributed by atoms with Crippen molar-refractivity contribution in [2.45, 2.75) is 51.4 Å². The SMILES string of the molecule is O=C(C1CCN(c2ccc(-c3cnn(C4CCCCO4)c3)cc2F)CC1)N1Cc2ccccc2C1. The number of nitrogens with zero attached hydrogens (tertiary/aromatic N) is 4. The van der Waals surface area contributed by atoms with Crippen molar-refractivity contribution in [1.29, 1.82) is 0 Å². The zero-order chi connectivity index (χ0) is 23.8. The Labute approximate surface area is 205 Å². The lowest BCUT2D eigenvalue weighted by Gasteiger charge is -2.34. The molecule has 6 nitrogen and oxygen atoms in total. The predicted octanol–water partition coefficient (Wildman–Crippen LogP) is 5.15. The van der Waals surface area contributed by atoms with Gasteiger partial charge in [-0.2, -0.15) is 5.10 Å². The van der Waals surface area contributed by atoms with Crippen LogP contribution in [0.15, 0.2) is 54.9 Å². The number of carbonyl (C=O) groups is 1. The molecular formula is C28H31FN4O2.